The Kier molecular flexibility index (Phi) is 8.26. The molecule has 1 aliphatic rings. The number of hydrogen-bond donors (Lipinski definition) is 1. The van der Waals surface area contributed by atoms with Crippen LogP contribution < -0.4 is 10.2 Å². The summed E-state index contributed by atoms with van der Waals surface area (Å²) < 4.78 is 2.46. The lowest BCUT2D eigenvalue weighted by Crippen LogP contribution is -2.48. The standard InChI is InChI=1S/C26H23BrClN7O2S/c27-19-3-1-2-18(16-19)25(37)34-14-12-33(13-15-34)22-10-6-21(7-11-22)29-24(36)17-38-26-30-31-32-35(26)23-8-4-20(28)5-9-23/h1-11,16H,12-15,17H2,(H,29,36). The van der Waals surface area contributed by atoms with Crippen molar-refractivity contribution in [2.45, 2.75) is 5.16 Å². The van der Waals surface area contributed by atoms with E-state index in [1.165, 1.54) is 11.8 Å². The van der Waals surface area contributed by atoms with Crippen molar-refractivity contribution in [3.8, 4) is 5.69 Å². The third kappa shape index (κ3) is 6.35. The predicted octanol–water partition coefficient (Wildman–Crippen LogP) is 4.77. The molecule has 4 aromatic rings. The Morgan fingerprint density at radius 3 is 2.37 bits per heavy atom. The van der Waals surface area contributed by atoms with Crippen LogP contribution in [0, 0.1) is 0 Å². The maximum absolute atomic E-state index is 12.8. The van der Waals surface area contributed by atoms with Gasteiger partial charge in [-0.05, 0) is 77.2 Å². The zero-order chi connectivity index (χ0) is 26.5. The van der Waals surface area contributed by atoms with Crippen molar-refractivity contribution >= 4 is 62.5 Å². The van der Waals surface area contributed by atoms with Crippen LogP contribution in [0.1, 0.15) is 10.4 Å². The highest BCUT2D eigenvalue weighted by molar-refractivity contribution is 9.10. The summed E-state index contributed by atoms with van der Waals surface area (Å²) in [6.45, 7) is 2.78. The Bertz CT molecular complexity index is 1420. The number of hydrogen-bond acceptors (Lipinski definition) is 7. The third-order valence-corrected chi connectivity index (χ3v) is 7.66. The van der Waals surface area contributed by atoms with E-state index in [2.05, 4.69) is 41.7 Å². The molecular formula is C26H23BrClN7O2S. The van der Waals surface area contributed by atoms with Crippen molar-refractivity contribution in [3.63, 3.8) is 0 Å². The lowest BCUT2D eigenvalue weighted by atomic mass is 10.1. The topological polar surface area (TPSA) is 96.2 Å². The van der Waals surface area contributed by atoms with Crippen molar-refractivity contribution in [1.29, 1.82) is 0 Å². The second-order valence-electron chi connectivity index (χ2n) is 8.52. The number of aromatic nitrogens is 4. The number of anilines is 2. The zero-order valence-electron chi connectivity index (χ0n) is 20.1. The molecule has 194 valence electrons. The molecule has 12 heteroatoms. The molecule has 2 amide bonds. The molecule has 0 bridgehead atoms. The molecule has 0 atom stereocenters. The van der Waals surface area contributed by atoms with Gasteiger partial charge in [0, 0.05) is 52.6 Å². The Hall–Kier alpha value is -3.41. The van der Waals surface area contributed by atoms with Crippen molar-refractivity contribution in [1.82, 2.24) is 25.1 Å². The molecule has 5 rings (SSSR count). The largest absolute Gasteiger partial charge is 0.368 e. The van der Waals surface area contributed by atoms with Crippen LogP contribution >= 0.6 is 39.3 Å². The fourth-order valence-electron chi connectivity index (χ4n) is 4.07. The van der Waals surface area contributed by atoms with E-state index >= 15 is 0 Å². The second-order valence-corrected chi connectivity index (χ2v) is 10.8. The highest BCUT2D eigenvalue weighted by atomic mass is 79.9. The van der Waals surface area contributed by atoms with Crippen molar-refractivity contribution in [2.75, 3.05) is 42.1 Å². The number of halogens is 2. The van der Waals surface area contributed by atoms with Gasteiger partial charge in [-0.25, -0.2) is 0 Å². The molecule has 1 fully saturated rings. The first-order chi connectivity index (χ1) is 18.5. The van der Waals surface area contributed by atoms with E-state index in [4.69, 9.17) is 11.6 Å². The summed E-state index contributed by atoms with van der Waals surface area (Å²) in [4.78, 5) is 29.5. The fraction of sp³-hybridized carbons (Fsp3) is 0.192. The molecule has 9 nitrogen and oxygen atoms in total. The SMILES string of the molecule is O=C(CSc1nnnn1-c1ccc(Cl)cc1)Nc1ccc(N2CCN(C(=O)c3cccc(Br)c3)CC2)cc1. The first-order valence-electron chi connectivity index (χ1n) is 11.8. The minimum atomic E-state index is -0.159. The average Bonchev–Trinajstić information content (AvgIpc) is 3.41. The fourth-order valence-corrected chi connectivity index (χ4v) is 5.28. The van der Waals surface area contributed by atoms with Crippen LogP contribution in [0.5, 0.6) is 0 Å². The molecule has 0 saturated carbocycles. The Morgan fingerprint density at radius 2 is 1.66 bits per heavy atom. The van der Waals surface area contributed by atoms with Gasteiger partial charge in [0.1, 0.15) is 0 Å². The van der Waals surface area contributed by atoms with Crippen molar-refractivity contribution in [2.24, 2.45) is 0 Å². The van der Waals surface area contributed by atoms with E-state index < -0.39 is 0 Å². The molecule has 0 unspecified atom stereocenters. The van der Waals surface area contributed by atoms with Gasteiger partial charge in [-0.3, -0.25) is 9.59 Å². The number of benzene rings is 3. The van der Waals surface area contributed by atoms with Gasteiger partial charge in [0.2, 0.25) is 11.1 Å². The first-order valence-corrected chi connectivity index (χ1v) is 14.0. The van der Waals surface area contributed by atoms with Gasteiger partial charge in [0.25, 0.3) is 5.91 Å². The number of nitrogens with one attached hydrogen (secondary N) is 1. The summed E-state index contributed by atoms with van der Waals surface area (Å²) in [6.07, 6.45) is 0. The van der Waals surface area contributed by atoms with Crippen LogP contribution in [0.25, 0.3) is 5.69 Å². The summed E-state index contributed by atoms with van der Waals surface area (Å²) in [5, 5.41) is 15.8. The Balaban J connectivity index is 1.11. The quantitative estimate of drug-likeness (QED) is 0.300. The zero-order valence-corrected chi connectivity index (χ0v) is 23.3. The molecule has 0 radical (unpaired) electrons. The van der Waals surface area contributed by atoms with Crippen LogP contribution in [-0.2, 0) is 4.79 Å². The van der Waals surface area contributed by atoms with Gasteiger partial charge in [-0.15, -0.1) is 5.10 Å². The van der Waals surface area contributed by atoms with Crippen LogP contribution in [0.4, 0.5) is 11.4 Å². The van der Waals surface area contributed by atoms with E-state index in [-0.39, 0.29) is 17.6 Å². The van der Waals surface area contributed by atoms with E-state index in [0.29, 0.717) is 34.5 Å². The lowest BCUT2D eigenvalue weighted by Gasteiger charge is -2.36. The van der Waals surface area contributed by atoms with E-state index in [1.807, 2.05) is 65.6 Å². The van der Waals surface area contributed by atoms with Gasteiger partial charge in [0.05, 0.1) is 11.4 Å². The molecule has 1 aromatic heterocycles. The predicted molar refractivity (Wildman–Crippen MR) is 152 cm³/mol. The van der Waals surface area contributed by atoms with Gasteiger partial charge < -0.3 is 15.1 Å². The summed E-state index contributed by atoms with van der Waals surface area (Å²) in [5.74, 6) is 0.0427. The number of carbonyl (C=O) groups is 2. The summed E-state index contributed by atoms with van der Waals surface area (Å²) in [5.41, 5.74) is 3.21. The number of piperazine rings is 1. The molecule has 38 heavy (non-hydrogen) atoms. The molecular weight excluding hydrogens is 590 g/mol. The van der Waals surface area contributed by atoms with Crippen molar-refractivity contribution < 1.29 is 9.59 Å². The Morgan fingerprint density at radius 1 is 0.947 bits per heavy atom. The van der Waals surface area contributed by atoms with E-state index in [1.54, 1.807) is 16.8 Å². The molecule has 0 aliphatic carbocycles. The second kappa shape index (κ2) is 12.0. The monoisotopic (exact) mass is 611 g/mol. The average molecular weight is 613 g/mol. The number of amides is 2. The summed E-state index contributed by atoms with van der Waals surface area (Å²) >= 11 is 10.6. The highest BCUT2D eigenvalue weighted by Crippen LogP contribution is 2.23. The van der Waals surface area contributed by atoms with E-state index in [9.17, 15) is 9.59 Å². The normalized spacial score (nSPS) is 13.4. The molecule has 2 heterocycles. The molecule has 1 aliphatic heterocycles. The van der Waals surface area contributed by atoms with Crippen LogP contribution in [-0.4, -0.2) is 68.9 Å². The Labute approximate surface area is 237 Å². The first kappa shape index (κ1) is 26.2. The molecule has 0 spiro atoms. The van der Waals surface area contributed by atoms with Crippen LogP contribution in [0.3, 0.4) is 0 Å². The minimum Gasteiger partial charge on any atom is -0.368 e. The maximum atomic E-state index is 12.8. The number of carbonyl (C=O) groups excluding carboxylic acids is 2. The molecule has 3 aromatic carbocycles. The number of nitrogens with zero attached hydrogens (tertiary/aromatic N) is 6. The van der Waals surface area contributed by atoms with E-state index in [0.717, 1.165) is 28.9 Å². The highest BCUT2D eigenvalue weighted by Gasteiger charge is 2.22. The summed E-state index contributed by atoms with van der Waals surface area (Å²) in [6, 6.07) is 22.3. The van der Waals surface area contributed by atoms with Crippen molar-refractivity contribution in [3.05, 3.63) is 87.9 Å². The van der Waals surface area contributed by atoms with Crippen LogP contribution in [0.15, 0.2) is 82.4 Å². The lowest BCUT2D eigenvalue weighted by molar-refractivity contribution is -0.113. The van der Waals surface area contributed by atoms with Gasteiger partial charge in [-0.2, -0.15) is 4.68 Å². The smallest absolute Gasteiger partial charge is 0.254 e. The van der Waals surface area contributed by atoms with Gasteiger partial charge in [0.15, 0.2) is 0 Å². The number of thioether (sulfide) groups is 1. The number of tetrazole rings is 1. The third-order valence-electron chi connectivity index (χ3n) is 6.00. The maximum Gasteiger partial charge on any atom is 0.254 e. The van der Waals surface area contributed by atoms with Gasteiger partial charge in [-0.1, -0.05) is 45.4 Å². The minimum absolute atomic E-state index is 0.0454. The number of rotatable bonds is 7. The molecule has 1 N–H and O–H groups in total. The summed E-state index contributed by atoms with van der Waals surface area (Å²) in [7, 11) is 0. The van der Waals surface area contributed by atoms with Gasteiger partial charge >= 0.3 is 0 Å². The van der Waals surface area contributed by atoms with Crippen LogP contribution in [0.2, 0.25) is 5.02 Å². The molecule has 1 saturated heterocycles.